The van der Waals surface area contributed by atoms with Gasteiger partial charge in [-0.05, 0) is 52.9 Å². The van der Waals surface area contributed by atoms with E-state index in [-0.39, 0.29) is 5.84 Å². The van der Waals surface area contributed by atoms with Crippen LogP contribution in [0, 0.1) is 19.3 Å². The van der Waals surface area contributed by atoms with E-state index in [0.717, 1.165) is 27.4 Å². The average Bonchev–Trinajstić information content (AvgIpc) is 2.72. The van der Waals surface area contributed by atoms with Crippen LogP contribution in [0.5, 0.6) is 0 Å². The minimum absolute atomic E-state index is 0.0587. The van der Waals surface area contributed by atoms with Crippen LogP contribution < -0.4 is 10.6 Å². The zero-order chi connectivity index (χ0) is 14.9. The minimum Gasteiger partial charge on any atom is -0.384 e. The van der Waals surface area contributed by atoms with Crippen molar-refractivity contribution in [1.82, 2.24) is 4.98 Å². The van der Waals surface area contributed by atoms with Crippen molar-refractivity contribution in [3.05, 3.63) is 43.8 Å². The number of aromatic nitrogens is 1. The predicted molar refractivity (Wildman–Crippen MR) is 88.9 cm³/mol. The maximum absolute atomic E-state index is 7.77. The summed E-state index contributed by atoms with van der Waals surface area (Å²) in [5.74, 6) is 0.0587. The molecule has 2 rings (SSSR count). The van der Waals surface area contributed by atoms with Crippen molar-refractivity contribution in [2.45, 2.75) is 20.4 Å². The van der Waals surface area contributed by atoms with Gasteiger partial charge in [0, 0.05) is 19.3 Å². The molecule has 0 atom stereocenters. The second kappa shape index (κ2) is 5.93. The smallest absolute Gasteiger partial charge is 0.126 e. The molecule has 0 spiro atoms. The number of nitrogens with two attached hydrogens (primary N) is 1. The highest BCUT2D eigenvalue weighted by molar-refractivity contribution is 9.11. The van der Waals surface area contributed by atoms with E-state index in [1.807, 2.05) is 27.0 Å². The summed E-state index contributed by atoms with van der Waals surface area (Å²) in [5, 5.41) is 9.89. The Bertz CT molecular complexity index is 651. The molecule has 20 heavy (non-hydrogen) atoms. The molecule has 0 fully saturated rings. The number of rotatable bonds is 4. The number of aryl methyl sites for hydroxylation is 2. The third kappa shape index (κ3) is 3.19. The van der Waals surface area contributed by atoms with Crippen molar-refractivity contribution in [1.29, 1.82) is 5.41 Å². The minimum atomic E-state index is 0.0587. The van der Waals surface area contributed by atoms with Gasteiger partial charge in [-0.1, -0.05) is 0 Å². The van der Waals surface area contributed by atoms with Gasteiger partial charge in [0.2, 0.25) is 0 Å². The fourth-order valence-corrected chi connectivity index (χ4v) is 3.43. The van der Waals surface area contributed by atoms with Crippen LogP contribution in [0.1, 0.15) is 22.5 Å². The molecule has 0 saturated carbocycles. The lowest BCUT2D eigenvalue weighted by molar-refractivity contribution is 0.915. The van der Waals surface area contributed by atoms with Crippen LogP contribution >= 0.6 is 27.3 Å². The number of anilines is 1. The van der Waals surface area contributed by atoms with E-state index in [0.29, 0.717) is 5.56 Å². The number of amidine groups is 1. The fourth-order valence-electron chi connectivity index (χ4n) is 2.23. The van der Waals surface area contributed by atoms with E-state index in [4.69, 9.17) is 11.1 Å². The predicted octanol–water partition coefficient (Wildman–Crippen LogP) is 3.44. The molecule has 0 bridgehead atoms. The molecule has 0 aliphatic rings. The first-order chi connectivity index (χ1) is 9.38. The number of hydrogen-bond acceptors (Lipinski definition) is 4. The van der Waals surface area contributed by atoms with Gasteiger partial charge in [-0.2, -0.15) is 0 Å². The Morgan fingerprint density at radius 1 is 1.45 bits per heavy atom. The van der Waals surface area contributed by atoms with Crippen molar-refractivity contribution in [2.24, 2.45) is 5.73 Å². The van der Waals surface area contributed by atoms with Crippen molar-refractivity contribution in [3.63, 3.8) is 0 Å². The topological polar surface area (TPSA) is 66.0 Å². The van der Waals surface area contributed by atoms with Gasteiger partial charge in [0.25, 0.3) is 0 Å². The van der Waals surface area contributed by atoms with Crippen molar-refractivity contribution in [3.8, 4) is 0 Å². The van der Waals surface area contributed by atoms with Gasteiger partial charge < -0.3 is 10.6 Å². The summed E-state index contributed by atoms with van der Waals surface area (Å²) in [6.07, 6.45) is 0. The Morgan fingerprint density at radius 3 is 2.70 bits per heavy atom. The number of pyridine rings is 1. The lowest BCUT2D eigenvalue weighted by atomic mass is 10.1. The summed E-state index contributed by atoms with van der Waals surface area (Å²) in [6.45, 7) is 4.61. The van der Waals surface area contributed by atoms with Crippen LogP contribution in [0.15, 0.2) is 21.3 Å². The number of nitrogens with zero attached hydrogens (tertiary/aromatic N) is 2. The molecule has 3 N–H and O–H groups in total. The van der Waals surface area contributed by atoms with E-state index in [9.17, 15) is 0 Å². The SMILES string of the molecule is Cc1cc(N(C)Cc2csc(Br)c2)c(C(=N)N)c(C)n1. The Kier molecular flexibility index (Phi) is 4.45. The van der Waals surface area contributed by atoms with E-state index >= 15 is 0 Å². The summed E-state index contributed by atoms with van der Waals surface area (Å²) in [4.78, 5) is 6.50. The van der Waals surface area contributed by atoms with E-state index in [1.54, 1.807) is 11.3 Å². The van der Waals surface area contributed by atoms with Gasteiger partial charge in [0.15, 0.2) is 0 Å². The highest BCUT2D eigenvalue weighted by Crippen LogP contribution is 2.26. The first-order valence-corrected chi connectivity index (χ1v) is 7.82. The Morgan fingerprint density at radius 2 is 2.15 bits per heavy atom. The molecule has 0 radical (unpaired) electrons. The quantitative estimate of drug-likeness (QED) is 0.654. The van der Waals surface area contributed by atoms with Crippen LogP contribution in [-0.2, 0) is 6.54 Å². The van der Waals surface area contributed by atoms with Gasteiger partial charge in [0.1, 0.15) is 5.84 Å². The van der Waals surface area contributed by atoms with Crippen LogP contribution in [0.3, 0.4) is 0 Å². The highest BCUT2D eigenvalue weighted by Gasteiger charge is 2.15. The molecule has 106 valence electrons. The average molecular weight is 353 g/mol. The van der Waals surface area contributed by atoms with Crippen LogP contribution in [-0.4, -0.2) is 17.9 Å². The Balaban J connectivity index is 2.38. The standard InChI is InChI=1S/C14H17BrN4S/c1-8-4-11(13(14(16)17)9(2)18-8)19(3)6-10-5-12(15)20-7-10/h4-5,7H,6H2,1-3H3,(H3,16,17). The second-order valence-corrected chi connectivity index (χ2v) is 7.06. The van der Waals surface area contributed by atoms with Gasteiger partial charge >= 0.3 is 0 Å². The van der Waals surface area contributed by atoms with E-state index in [2.05, 4.69) is 37.3 Å². The lowest BCUT2D eigenvalue weighted by Crippen LogP contribution is -2.23. The maximum Gasteiger partial charge on any atom is 0.126 e. The molecule has 0 saturated heterocycles. The zero-order valence-corrected chi connectivity index (χ0v) is 14.1. The molecule has 6 heteroatoms. The fraction of sp³-hybridized carbons (Fsp3) is 0.286. The summed E-state index contributed by atoms with van der Waals surface area (Å²) < 4.78 is 1.12. The highest BCUT2D eigenvalue weighted by atomic mass is 79.9. The van der Waals surface area contributed by atoms with Crippen LogP contribution in [0.25, 0.3) is 0 Å². The van der Waals surface area contributed by atoms with E-state index in [1.165, 1.54) is 5.56 Å². The van der Waals surface area contributed by atoms with E-state index < -0.39 is 0 Å². The van der Waals surface area contributed by atoms with Gasteiger partial charge in [-0.25, -0.2) is 0 Å². The molecular weight excluding hydrogens is 336 g/mol. The monoisotopic (exact) mass is 352 g/mol. The van der Waals surface area contributed by atoms with Gasteiger partial charge in [-0.15, -0.1) is 11.3 Å². The Labute approximate surface area is 131 Å². The van der Waals surface area contributed by atoms with Gasteiger partial charge in [0.05, 0.1) is 20.7 Å². The molecule has 0 unspecified atom stereocenters. The molecule has 0 aliphatic heterocycles. The number of thiophene rings is 1. The molecule has 2 aromatic heterocycles. The summed E-state index contributed by atoms with van der Waals surface area (Å²) in [5.41, 5.74) is 10.3. The maximum atomic E-state index is 7.77. The summed E-state index contributed by atoms with van der Waals surface area (Å²) in [6, 6.07) is 4.08. The number of nitrogen functional groups attached to an aromatic ring is 1. The molecule has 4 nitrogen and oxygen atoms in total. The van der Waals surface area contributed by atoms with Crippen molar-refractivity contribution in [2.75, 3.05) is 11.9 Å². The first kappa shape index (κ1) is 15.0. The third-order valence-corrected chi connectivity index (χ3v) is 4.58. The largest absolute Gasteiger partial charge is 0.384 e. The van der Waals surface area contributed by atoms with Crippen molar-refractivity contribution < 1.29 is 0 Å². The molecule has 2 aromatic rings. The molecule has 0 aliphatic carbocycles. The summed E-state index contributed by atoms with van der Waals surface area (Å²) >= 11 is 5.14. The lowest BCUT2D eigenvalue weighted by Gasteiger charge is -2.23. The number of hydrogen-bond donors (Lipinski definition) is 2. The zero-order valence-electron chi connectivity index (χ0n) is 11.7. The second-order valence-electron chi connectivity index (χ2n) is 4.77. The van der Waals surface area contributed by atoms with Crippen molar-refractivity contribution >= 4 is 38.8 Å². The normalized spacial score (nSPS) is 10.6. The molecular formula is C14H17BrN4S. The number of halogens is 1. The molecule has 2 heterocycles. The Hall–Kier alpha value is -1.40. The molecule has 0 amide bonds. The third-order valence-electron chi connectivity index (χ3n) is 3.03. The first-order valence-electron chi connectivity index (χ1n) is 6.15. The van der Waals surface area contributed by atoms with Crippen LogP contribution in [0.2, 0.25) is 0 Å². The number of nitrogens with one attached hydrogen (secondary N) is 1. The summed E-state index contributed by atoms with van der Waals surface area (Å²) in [7, 11) is 2.01. The van der Waals surface area contributed by atoms with Gasteiger partial charge in [-0.3, -0.25) is 10.4 Å². The molecule has 0 aromatic carbocycles. The van der Waals surface area contributed by atoms with Crippen LogP contribution in [0.4, 0.5) is 5.69 Å².